The minimum atomic E-state index is -4.61. The fraction of sp³-hybridized carbons (Fsp3) is 0.471. The molecule has 0 aliphatic rings. The average Bonchev–Trinajstić information content (AvgIpc) is 2.49. The van der Waals surface area contributed by atoms with Crippen LogP contribution < -0.4 is 0 Å². The summed E-state index contributed by atoms with van der Waals surface area (Å²) in [6.45, 7) is 13.5. The summed E-state index contributed by atoms with van der Waals surface area (Å²) in [4.78, 5) is 22.5. The Kier molecular flexibility index (Phi) is 7.01. The van der Waals surface area contributed by atoms with Crippen molar-refractivity contribution in [2.75, 3.05) is 6.54 Å². The number of ether oxygens (including phenoxy) is 1. The molecule has 0 heterocycles. The number of carbonyl (C=O) groups is 1. The zero-order valence-electron chi connectivity index (χ0n) is 16.9. The van der Waals surface area contributed by atoms with Crippen LogP contribution in [0.1, 0.15) is 20.8 Å². The van der Waals surface area contributed by atoms with Crippen molar-refractivity contribution >= 4 is 30.1 Å². The van der Waals surface area contributed by atoms with Crippen molar-refractivity contribution in [3.05, 3.63) is 46.7 Å². The molecule has 0 atom stereocenters. The minimum absolute atomic E-state index is 0.0483. The molecule has 0 saturated carbocycles. The molecule has 1 rings (SSSR count). The molecule has 0 radical (unpaired) electrons. The van der Waals surface area contributed by atoms with Crippen LogP contribution in [0.5, 0.6) is 0 Å². The van der Waals surface area contributed by atoms with Gasteiger partial charge in [0.2, 0.25) is 8.32 Å². The second kappa shape index (κ2) is 8.31. The number of benzene rings is 1. The van der Waals surface area contributed by atoms with E-state index < -0.39 is 52.1 Å². The van der Waals surface area contributed by atoms with Gasteiger partial charge in [0, 0.05) is 6.07 Å². The number of sulfonamides is 1. The zero-order valence-corrected chi connectivity index (χ0v) is 18.7. The summed E-state index contributed by atoms with van der Waals surface area (Å²) in [6, 6.07) is 4.78. The van der Waals surface area contributed by atoms with Crippen LogP contribution in [0.2, 0.25) is 19.6 Å². The summed E-state index contributed by atoms with van der Waals surface area (Å²) in [5.74, 6) is 0.0483. The van der Waals surface area contributed by atoms with Gasteiger partial charge < -0.3 is 9.16 Å². The van der Waals surface area contributed by atoms with Crippen LogP contribution >= 0.6 is 0 Å². The minimum Gasteiger partial charge on any atom is -0.546 e. The molecule has 9 nitrogen and oxygen atoms in total. The summed E-state index contributed by atoms with van der Waals surface area (Å²) >= 11 is 0. The van der Waals surface area contributed by atoms with Gasteiger partial charge in [-0.25, -0.2) is 13.2 Å². The van der Waals surface area contributed by atoms with Crippen molar-refractivity contribution in [2.24, 2.45) is 0 Å². The van der Waals surface area contributed by atoms with E-state index in [2.05, 4.69) is 6.58 Å². The molecule has 28 heavy (non-hydrogen) atoms. The van der Waals surface area contributed by atoms with Gasteiger partial charge in [-0.15, -0.1) is 0 Å². The fourth-order valence-electron chi connectivity index (χ4n) is 2.13. The number of para-hydroxylation sites is 1. The Morgan fingerprint density at radius 3 is 2.25 bits per heavy atom. The summed E-state index contributed by atoms with van der Waals surface area (Å²) in [5.41, 5.74) is -1.62. The summed E-state index contributed by atoms with van der Waals surface area (Å²) < 4.78 is 37.5. The molecular formula is C17H26N2O7SSi. The Bertz CT molecular complexity index is 870. The summed E-state index contributed by atoms with van der Waals surface area (Å²) in [7, 11) is -6.72. The Labute approximate surface area is 166 Å². The van der Waals surface area contributed by atoms with Gasteiger partial charge in [0.15, 0.2) is 4.90 Å². The molecule has 1 aromatic carbocycles. The third-order valence-corrected chi connectivity index (χ3v) is 5.66. The molecule has 11 heteroatoms. The maximum atomic E-state index is 13.1. The Balaban J connectivity index is 3.43. The predicted octanol–water partition coefficient (Wildman–Crippen LogP) is 3.89. The first-order chi connectivity index (χ1) is 12.5. The van der Waals surface area contributed by atoms with E-state index in [9.17, 15) is 23.3 Å². The Morgan fingerprint density at radius 1 is 1.25 bits per heavy atom. The van der Waals surface area contributed by atoms with Crippen molar-refractivity contribution in [2.45, 2.75) is 50.9 Å². The van der Waals surface area contributed by atoms with Gasteiger partial charge >= 0.3 is 6.09 Å². The highest BCUT2D eigenvalue weighted by atomic mass is 32.2. The standard InChI is InChI=1S/C17H26N2O7SSi/c1-13(26-28(5,6)7)12-18(16(20)25-17(2,3)4)27(23,24)15-11-9-8-10-14(15)19(21)22/h8-11H,1,12H2,2-7H3. The molecule has 0 fully saturated rings. The lowest BCUT2D eigenvalue weighted by Gasteiger charge is -2.29. The van der Waals surface area contributed by atoms with E-state index >= 15 is 0 Å². The molecule has 156 valence electrons. The van der Waals surface area contributed by atoms with Crippen molar-refractivity contribution in [1.82, 2.24) is 4.31 Å². The number of amides is 1. The molecular weight excluding hydrogens is 404 g/mol. The first-order valence-electron chi connectivity index (χ1n) is 8.40. The summed E-state index contributed by atoms with van der Waals surface area (Å²) in [5, 5.41) is 11.3. The number of nitro groups is 1. The lowest BCUT2D eigenvalue weighted by Crippen LogP contribution is -2.43. The molecule has 0 aromatic heterocycles. The molecule has 0 bridgehead atoms. The van der Waals surface area contributed by atoms with Gasteiger partial charge in [-0.3, -0.25) is 10.1 Å². The number of nitrogens with zero attached hydrogens (tertiary/aromatic N) is 2. The van der Waals surface area contributed by atoms with E-state index in [1.807, 2.05) is 19.6 Å². The molecule has 0 N–H and O–H groups in total. The number of carbonyl (C=O) groups excluding carboxylic acids is 1. The topological polar surface area (TPSA) is 116 Å². The van der Waals surface area contributed by atoms with Gasteiger partial charge in [-0.1, -0.05) is 18.7 Å². The number of nitro benzene ring substituents is 1. The van der Waals surface area contributed by atoms with Crippen LogP contribution in [0.3, 0.4) is 0 Å². The van der Waals surface area contributed by atoms with E-state index in [1.165, 1.54) is 12.1 Å². The monoisotopic (exact) mass is 430 g/mol. The van der Waals surface area contributed by atoms with Crippen molar-refractivity contribution in [3.63, 3.8) is 0 Å². The van der Waals surface area contributed by atoms with Crippen LogP contribution in [0, 0.1) is 10.1 Å². The largest absolute Gasteiger partial charge is 0.546 e. The van der Waals surface area contributed by atoms with Crippen LogP contribution in [-0.4, -0.2) is 44.2 Å². The van der Waals surface area contributed by atoms with Crippen molar-refractivity contribution in [3.8, 4) is 0 Å². The second-order valence-corrected chi connectivity index (χ2v) is 14.2. The van der Waals surface area contributed by atoms with Gasteiger partial charge in [-0.2, -0.15) is 4.31 Å². The number of hydrogen-bond donors (Lipinski definition) is 0. The fourth-order valence-corrected chi connectivity index (χ4v) is 4.50. The molecule has 0 aliphatic carbocycles. The average molecular weight is 431 g/mol. The van der Waals surface area contributed by atoms with E-state index in [-0.39, 0.29) is 5.76 Å². The highest BCUT2D eigenvalue weighted by molar-refractivity contribution is 7.89. The van der Waals surface area contributed by atoms with Crippen molar-refractivity contribution < 1.29 is 27.3 Å². The molecule has 1 aromatic rings. The number of rotatable bonds is 7. The van der Waals surface area contributed by atoms with Gasteiger partial charge in [0.25, 0.3) is 15.7 Å². The van der Waals surface area contributed by atoms with Crippen LogP contribution in [0.4, 0.5) is 10.5 Å². The van der Waals surface area contributed by atoms with E-state index in [4.69, 9.17) is 9.16 Å². The van der Waals surface area contributed by atoms with E-state index in [1.54, 1.807) is 20.8 Å². The first kappa shape index (κ1) is 23.6. The van der Waals surface area contributed by atoms with Gasteiger partial charge in [0.1, 0.15) is 5.60 Å². The summed E-state index contributed by atoms with van der Waals surface area (Å²) in [6.07, 6.45) is -1.18. The first-order valence-corrected chi connectivity index (χ1v) is 13.3. The van der Waals surface area contributed by atoms with Crippen LogP contribution in [0.15, 0.2) is 41.5 Å². The lowest BCUT2D eigenvalue weighted by molar-refractivity contribution is -0.387. The highest BCUT2D eigenvalue weighted by Gasteiger charge is 2.38. The molecule has 0 aliphatic heterocycles. The van der Waals surface area contributed by atoms with E-state index in [0.29, 0.717) is 4.31 Å². The van der Waals surface area contributed by atoms with Crippen LogP contribution in [-0.2, 0) is 19.2 Å². The highest BCUT2D eigenvalue weighted by Crippen LogP contribution is 2.28. The van der Waals surface area contributed by atoms with E-state index in [0.717, 1.165) is 12.1 Å². The predicted molar refractivity (Wildman–Crippen MR) is 107 cm³/mol. The zero-order chi connectivity index (χ0) is 21.9. The molecule has 1 amide bonds. The van der Waals surface area contributed by atoms with Crippen LogP contribution in [0.25, 0.3) is 0 Å². The van der Waals surface area contributed by atoms with Gasteiger partial charge in [0.05, 0.1) is 17.2 Å². The maximum Gasteiger partial charge on any atom is 0.424 e. The smallest absolute Gasteiger partial charge is 0.424 e. The third-order valence-electron chi connectivity index (χ3n) is 3.00. The SMILES string of the molecule is C=C(CN(C(=O)OC(C)(C)C)S(=O)(=O)c1ccccc1[N+](=O)[O-])O[Si](C)(C)C. The molecule has 0 unspecified atom stereocenters. The molecule has 0 spiro atoms. The second-order valence-electron chi connectivity index (χ2n) is 7.97. The Hall–Kier alpha value is -2.40. The Morgan fingerprint density at radius 2 is 1.79 bits per heavy atom. The normalized spacial score (nSPS) is 12.2. The number of hydrogen-bond acceptors (Lipinski definition) is 7. The maximum absolute atomic E-state index is 13.1. The lowest BCUT2D eigenvalue weighted by atomic mass is 10.2. The third kappa shape index (κ3) is 6.64. The quantitative estimate of drug-likeness (QED) is 0.279. The van der Waals surface area contributed by atoms with Gasteiger partial charge in [-0.05, 0) is 46.5 Å². The van der Waals surface area contributed by atoms with Crippen molar-refractivity contribution in [1.29, 1.82) is 0 Å². The molecule has 0 saturated heterocycles.